The quantitative estimate of drug-likeness (QED) is 0.870. The van der Waals surface area contributed by atoms with Crippen LogP contribution in [-0.4, -0.2) is 15.0 Å². The maximum Gasteiger partial charge on any atom is 0.257 e. The summed E-state index contributed by atoms with van der Waals surface area (Å²) in [6.45, 7) is 0.540. The Balaban J connectivity index is 1.91. The molecule has 4 heteroatoms. The van der Waals surface area contributed by atoms with Crippen LogP contribution in [0.5, 0.6) is 0 Å². The normalized spacial score (nSPS) is 15.1. The third kappa shape index (κ3) is 3.00. The number of aryl methyl sites for hydroxylation is 1. The molecule has 1 aliphatic heterocycles. The van der Waals surface area contributed by atoms with Crippen LogP contribution in [0.4, 0.5) is 5.69 Å². The molecule has 0 N–H and O–H groups in total. The molecule has 0 radical (unpaired) electrons. The topological polar surface area (TPSA) is 37.4 Å². The minimum atomic E-state index is -3.44. The molecule has 2 aromatic carbocycles. The fourth-order valence-electron chi connectivity index (χ4n) is 2.57. The fraction of sp³-hybridized carbons (Fsp3) is 0.176. The number of fused-ring (bicyclic) bond motifs is 1. The molecule has 0 atom stereocenters. The van der Waals surface area contributed by atoms with E-state index in [4.69, 9.17) is 0 Å². The van der Waals surface area contributed by atoms with Gasteiger partial charge in [-0.25, -0.2) is 8.42 Å². The van der Waals surface area contributed by atoms with Gasteiger partial charge in [0.05, 0.1) is 11.1 Å². The third-order valence-electron chi connectivity index (χ3n) is 3.61. The zero-order valence-corrected chi connectivity index (χ0v) is 12.5. The Labute approximate surface area is 125 Å². The summed E-state index contributed by atoms with van der Waals surface area (Å²) in [6, 6.07) is 17.2. The smallest absolute Gasteiger partial charge is 0.257 e. The van der Waals surface area contributed by atoms with Crippen LogP contribution < -0.4 is 4.31 Å². The second-order valence-corrected chi connectivity index (χ2v) is 6.81. The van der Waals surface area contributed by atoms with E-state index in [2.05, 4.69) is 0 Å². The Morgan fingerprint density at radius 2 is 1.67 bits per heavy atom. The van der Waals surface area contributed by atoms with Gasteiger partial charge in [0.15, 0.2) is 0 Å². The summed E-state index contributed by atoms with van der Waals surface area (Å²) in [4.78, 5) is 0. The predicted molar refractivity (Wildman–Crippen MR) is 86.5 cm³/mol. The van der Waals surface area contributed by atoms with E-state index < -0.39 is 10.0 Å². The summed E-state index contributed by atoms with van der Waals surface area (Å²) >= 11 is 0. The van der Waals surface area contributed by atoms with E-state index in [1.165, 1.54) is 9.71 Å². The van der Waals surface area contributed by atoms with E-state index in [9.17, 15) is 8.42 Å². The van der Waals surface area contributed by atoms with Crippen molar-refractivity contribution >= 4 is 21.8 Å². The van der Waals surface area contributed by atoms with Crippen LogP contribution in [0, 0.1) is 0 Å². The molecule has 0 fully saturated rings. The van der Waals surface area contributed by atoms with Crippen molar-refractivity contribution in [2.75, 3.05) is 10.8 Å². The molecule has 1 heterocycles. The van der Waals surface area contributed by atoms with Crippen molar-refractivity contribution in [2.45, 2.75) is 12.8 Å². The van der Waals surface area contributed by atoms with Crippen molar-refractivity contribution in [2.24, 2.45) is 0 Å². The molecule has 0 aliphatic carbocycles. The van der Waals surface area contributed by atoms with Crippen molar-refractivity contribution in [3.63, 3.8) is 0 Å². The van der Waals surface area contributed by atoms with E-state index in [0.29, 0.717) is 6.54 Å². The van der Waals surface area contributed by atoms with Crippen molar-refractivity contribution in [3.8, 4) is 0 Å². The molecular formula is C17H17NO2S. The van der Waals surface area contributed by atoms with Crippen LogP contribution in [0.3, 0.4) is 0 Å². The summed E-state index contributed by atoms with van der Waals surface area (Å²) in [5.74, 6) is 0. The molecule has 0 spiro atoms. The lowest BCUT2D eigenvalue weighted by molar-refractivity contribution is 0.595. The number of hydrogen-bond acceptors (Lipinski definition) is 2. The first-order valence-electron chi connectivity index (χ1n) is 7.01. The molecule has 0 bridgehead atoms. The summed E-state index contributed by atoms with van der Waals surface area (Å²) in [6.07, 6.45) is 3.44. The lowest BCUT2D eigenvalue weighted by Gasteiger charge is -2.29. The summed E-state index contributed by atoms with van der Waals surface area (Å²) in [5.41, 5.74) is 2.79. The molecule has 0 unspecified atom stereocenters. The molecule has 0 aromatic heterocycles. The first-order valence-corrected chi connectivity index (χ1v) is 8.51. The number of hydrogen-bond donors (Lipinski definition) is 0. The molecule has 108 valence electrons. The average molecular weight is 299 g/mol. The SMILES string of the molecule is O=S(=O)(C=Cc1ccccc1)N1CCCc2ccccc21. The number of para-hydroxylation sites is 1. The Hall–Kier alpha value is -2.07. The van der Waals surface area contributed by atoms with Gasteiger partial charge < -0.3 is 0 Å². The zero-order chi connectivity index (χ0) is 14.7. The Bertz CT molecular complexity index is 751. The Kier molecular flexibility index (Phi) is 3.80. The van der Waals surface area contributed by atoms with E-state index >= 15 is 0 Å². The van der Waals surface area contributed by atoms with Crippen LogP contribution in [-0.2, 0) is 16.4 Å². The van der Waals surface area contributed by atoms with Crippen molar-refractivity contribution in [1.29, 1.82) is 0 Å². The van der Waals surface area contributed by atoms with Crippen LogP contribution in [0.15, 0.2) is 60.0 Å². The highest BCUT2D eigenvalue weighted by Crippen LogP contribution is 2.29. The minimum Gasteiger partial charge on any atom is -0.267 e. The van der Waals surface area contributed by atoms with Gasteiger partial charge in [-0.3, -0.25) is 4.31 Å². The van der Waals surface area contributed by atoms with Gasteiger partial charge in [0, 0.05) is 6.54 Å². The second-order valence-electron chi connectivity index (χ2n) is 5.06. The first kappa shape index (κ1) is 13.9. The van der Waals surface area contributed by atoms with Gasteiger partial charge in [-0.1, -0.05) is 48.5 Å². The molecular weight excluding hydrogens is 282 g/mol. The lowest BCUT2D eigenvalue weighted by atomic mass is 10.0. The van der Waals surface area contributed by atoms with Gasteiger partial charge in [0.2, 0.25) is 0 Å². The van der Waals surface area contributed by atoms with Crippen LogP contribution in [0.1, 0.15) is 17.5 Å². The fourth-order valence-corrected chi connectivity index (χ4v) is 3.88. The molecule has 3 nitrogen and oxygen atoms in total. The van der Waals surface area contributed by atoms with Gasteiger partial charge in [-0.2, -0.15) is 0 Å². The molecule has 1 aliphatic rings. The van der Waals surface area contributed by atoms with Gasteiger partial charge in [-0.05, 0) is 36.1 Å². The number of sulfonamides is 1. The molecule has 0 amide bonds. The number of anilines is 1. The maximum atomic E-state index is 12.6. The average Bonchev–Trinajstić information content (AvgIpc) is 2.53. The number of rotatable bonds is 3. The molecule has 0 saturated carbocycles. The summed E-state index contributed by atoms with van der Waals surface area (Å²) < 4.78 is 26.6. The van der Waals surface area contributed by atoms with Gasteiger partial charge in [0.1, 0.15) is 0 Å². The Morgan fingerprint density at radius 1 is 0.952 bits per heavy atom. The zero-order valence-electron chi connectivity index (χ0n) is 11.6. The van der Waals surface area contributed by atoms with Crippen molar-refractivity contribution in [1.82, 2.24) is 0 Å². The maximum absolute atomic E-state index is 12.6. The van der Waals surface area contributed by atoms with E-state index in [1.54, 1.807) is 6.08 Å². The first-order chi connectivity index (χ1) is 10.2. The molecule has 2 aromatic rings. The van der Waals surface area contributed by atoms with Gasteiger partial charge in [-0.15, -0.1) is 0 Å². The van der Waals surface area contributed by atoms with E-state index in [0.717, 1.165) is 29.7 Å². The van der Waals surface area contributed by atoms with Crippen molar-refractivity contribution in [3.05, 3.63) is 71.1 Å². The molecule has 3 rings (SSSR count). The van der Waals surface area contributed by atoms with Crippen LogP contribution in [0.25, 0.3) is 6.08 Å². The monoisotopic (exact) mass is 299 g/mol. The minimum absolute atomic E-state index is 0.540. The third-order valence-corrected chi connectivity index (χ3v) is 5.08. The largest absolute Gasteiger partial charge is 0.267 e. The summed E-state index contributed by atoms with van der Waals surface area (Å²) in [5, 5.41) is 1.30. The summed E-state index contributed by atoms with van der Waals surface area (Å²) in [7, 11) is -3.44. The highest BCUT2D eigenvalue weighted by molar-refractivity contribution is 7.95. The number of benzene rings is 2. The lowest BCUT2D eigenvalue weighted by Crippen LogP contribution is -2.33. The molecule has 21 heavy (non-hydrogen) atoms. The predicted octanol–water partition coefficient (Wildman–Crippen LogP) is 3.44. The van der Waals surface area contributed by atoms with E-state index in [-0.39, 0.29) is 0 Å². The number of nitrogens with zero attached hydrogens (tertiary/aromatic N) is 1. The van der Waals surface area contributed by atoms with Crippen molar-refractivity contribution < 1.29 is 8.42 Å². The van der Waals surface area contributed by atoms with Gasteiger partial charge in [0.25, 0.3) is 10.0 Å². The molecule has 0 saturated heterocycles. The van der Waals surface area contributed by atoms with Crippen LogP contribution >= 0.6 is 0 Å². The van der Waals surface area contributed by atoms with Gasteiger partial charge >= 0.3 is 0 Å². The van der Waals surface area contributed by atoms with Crippen LogP contribution in [0.2, 0.25) is 0 Å². The second kappa shape index (κ2) is 5.74. The Morgan fingerprint density at radius 3 is 2.48 bits per heavy atom. The van der Waals surface area contributed by atoms with E-state index in [1.807, 2.05) is 54.6 Å². The highest BCUT2D eigenvalue weighted by atomic mass is 32.2. The highest BCUT2D eigenvalue weighted by Gasteiger charge is 2.24. The standard InChI is InChI=1S/C17H17NO2S/c19-21(20,14-12-15-7-2-1-3-8-15)18-13-6-10-16-9-4-5-11-17(16)18/h1-5,7-9,11-12,14H,6,10,13H2.